The molecule has 0 spiro atoms. The quantitative estimate of drug-likeness (QED) is 0.351. The van der Waals surface area contributed by atoms with Crippen LogP contribution in [0.2, 0.25) is 0 Å². The average molecular weight is 514 g/mol. The lowest BCUT2D eigenvalue weighted by Gasteiger charge is -2.19. The standard InChI is InChI=1S/C20H26N4O2S.HI/c1-15(2)17-7-5-8-18(14-17)23-20(21)22-11-13-27(25,26)24-12-10-16-6-3-4-9-19(16)24;/h3-9,14-15H,10-13H2,1-2H3,(H3,21,22,23);1H. The van der Waals surface area contributed by atoms with E-state index in [-0.39, 0.29) is 42.2 Å². The van der Waals surface area contributed by atoms with Gasteiger partial charge in [0.05, 0.1) is 18.0 Å². The molecule has 0 amide bonds. The number of halogens is 1. The highest BCUT2D eigenvalue weighted by Crippen LogP contribution is 2.29. The molecule has 0 saturated heterocycles. The lowest BCUT2D eigenvalue weighted by Crippen LogP contribution is -2.33. The maximum absolute atomic E-state index is 12.7. The van der Waals surface area contributed by atoms with Crippen LogP contribution in [-0.4, -0.2) is 33.2 Å². The fourth-order valence-corrected chi connectivity index (χ4v) is 4.54. The average Bonchev–Trinajstić information content (AvgIpc) is 3.06. The number of guanidine groups is 1. The summed E-state index contributed by atoms with van der Waals surface area (Å²) in [6.45, 7) is 4.85. The van der Waals surface area contributed by atoms with E-state index in [1.165, 1.54) is 9.87 Å². The second-order valence-corrected chi connectivity index (χ2v) is 8.95. The van der Waals surface area contributed by atoms with Gasteiger partial charge in [-0.3, -0.25) is 9.30 Å². The molecule has 2 aromatic carbocycles. The maximum atomic E-state index is 12.7. The zero-order valence-corrected chi connectivity index (χ0v) is 19.3. The minimum atomic E-state index is -3.42. The monoisotopic (exact) mass is 514 g/mol. The molecule has 1 heterocycles. The molecule has 3 N–H and O–H groups in total. The van der Waals surface area contributed by atoms with Gasteiger partial charge in [0.1, 0.15) is 0 Å². The third-order valence-corrected chi connectivity index (χ3v) is 6.39. The smallest absolute Gasteiger partial charge is 0.237 e. The maximum Gasteiger partial charge on any atom is 0.237 e. The van der Waals surface area contributed by atoms with Gasteiger partial charge in [0, 0.05) is 12.2 Å². The second kappa shape index (κ2) is 9.60. The summed E-state index contributed by atoms with van der Waals surface area (Å²) in [5, 5.41) is 3.03. The molecular weight excluding hydrogens is 487 g/mol. The largest absolute Gasteiger partial charge is 0.370 e. The number of fused-ring (bicyclic) bond motifs is 1. The van der Waals surface area contributed by atoms with Gasteiger partial charge in [0.25, 0.3) is 0 Å². The number of nitrogens with one attached hydrogen (secondary N) is 1. The van der Waals surface area contributed by atoms with Crippen LogP contribution < -0.4 is 15.4 Å². The van der Waals surface area contributed by atoms with Crippen molar-refractivity contribution in [3.8, 4) is 0 Å². The zero-order chi connectivity index (χ0) is 19.4. The van der Waals surface area contributed by atoms with Gasteiger partial charge in [-0.05, 0) is 41.7 Å². The van der Waals surface area contributed by atoms with Crippen molar-refractivity contribution in [2.24, 2.45) is 10.7 Å². The first-order valence-corrected chi connectivity index (χ1v) is 10.7. The molecule has 0 fully saturated rings. The first-order chi connectivity index (χ1) is 12.9. The van der Waals surface area contributed by atoms with Gasteiger partial charge in [-0.25, -0.2) is 8.42 Å². The molecular formula is C20H27IN4O2S. The predicted molar refractivity (Wildman–Crippen MR) is 127 cm³/mol. The summed E-state index contributed by atoms with van der Waals surface area (Å²) >= 11 is 0. The SMILES string of the molecule is CC(C)c1cccc(NC(N)=NCCS(=O)(=O)N2CCc3ccccc32)c1.I. The number of benzene rings is 2. The van der Waals surface area contributed by atoms with E-state index in [0.717, 1.165) is 23.4 Å². The van der Waals surface area contributed by atoms with Crippen molar-refractivity contribution < 1.29 is 8.42 Å². The number of aliphatic imine (C=N–C) groups is 1. The van der Waals surface area contributed by atoms with E-state index in [4.69, 9.17) is 5.73 Å². The normalized spacial score (nSPS) is 14.0. The molecule has 152 valence electrons. The second-order valence-electron chi connectivity index (χ2n) is 6.94. The molecule has 0 bridgehead atoms. The summed E-state index contributed by atoms with van der Waals surface area (Å²) in [6.07, 6.45) is 0.745. The number of nitrogens with zero attached hydrogens (tertiary/aromatic N) is 2. The molecule has 0 aromatic heterocycles. The number of hydrogen-bond acceptors (Lipinski definition) is 3. The Morgan fingerprint density at radius 2 is 1.96 bits per heavy atom. The van der Waals surface area contributed by atoms with Crippen LogP contribution in [0.5, 0.6) is 0 Å². The molecule has 0 atom stereocenters. The summed E-state index contributed by atoms with van der Waals surface area (Å²) in [6, 6.07) is 15.6. The molecule has 2 aromatic rings. The number of sulfonamides is 1. The van der Waals surface area contributed by atoms with Crippen LogP contribution in [0.4, 0.5) is 11.4 Å². The summed E-state index contributed by atoms with van der Waals surface area (Å²) < 4.78 is 26.8. The molecule has 1 aliphatic heterocycles. The third-order valence-electron chi connectivity index (χ3n) is 4.64. The molecule has 0 radical (unpaired) electrons. The Kier molecular flexibility index (Phi) is 7.70. The van der Waals surface area contributed by atoms with E-state index in [9.17, 15) is 8.42 Å². The van der Waals surface area contributed by atoms with Crippen molar-refractivity contribution in [1.82, 2.24) is 0 Å². The van der Waals surface area contributed by atoms with E-state index in [1.807, 2.05) is 42.5 Å². The third kappa shape index (κ3) is 5.38. The van der Waals surface area contributed by atoms with E-state index in [2.05, 4.69) is 30.2 Å². The van der Waals surface area contributed by atoms with E-state index in [1.54, 1.807) is 0 Å². The summed E-state index contributed by atoms with van der Waals surface area (Å²) in [5.41, 5.74) is 9.81. The van der Waals surface area contributed by atoms with E-state index in [0.29, 0.717) is 12.5 Å². The molecule has 6 nitrogen and oxygen atoms in total. The zero-order valence-electron chi connectivity index (χ0n) is 16.1. The molecule has 0 aliphatic carbocycles. The Labute approximate surface area is 184 Å². The van der Waals surface area contributed by atoms with E-state index >= 15 is 0 Å². The Hall–Kier alpha value is -1.81. The van der Waals surface area contributed by atoms with Gasteiger partial charge >= 0.3 is 0 Å². The van der Waals surface area contributed by atoms with Crippen LogP contribution in [0.3, 0.4) is 0 Å². The van der Waals surface area contributed by atoms with E-state index < -0.39 is 10.0 Å². The summed E-state index contributed by atoms with van der Waals surface area (Å²) in [5.74, 6) is 0.557. The first kappa shape index (κ1) is 22.5. The summed E-state index contributed by atoms with van der Waals surface area (Å²) in [4.78, 5) is 4.18. The minimum absolute atomic E-state index is 0. The highest BCUT2D eigenvalue weighted by atomic mass is 127. The van der Waals surface area contributed by atoms with Crippen molar-refractivity contribution in [2.45, 2.75) is 26.2 Å². The van der Waals surface area contributed by atoms with Crippen molar-refractivity contribution in [2.75, 3.05) is 28.5 Å². The van der Waals surface area contributed by atoms with Crippen LogP contribution in [-0.2, 0) is 16.4 Å². The molecule has 0 saturated carbocycles. The lowest BCUT2D eigenvalue weighted by molar-refractivity contribution is 0.592. The van der Waals surface area contributed by atoms with Crippen LogP contribution in [0.1, 0.15) is 30.9 Å². The predicted octanol–water partition coefficient (Wildman–Crippen LogP) is 3.55. The van der Waals surface area contributed by atoms with Crippen LogP contribution in [0.25, 0.3) is 0 Å². The Bertz CT molecular complexity index is 945. The van der Waals surface area contributed by atoms with Crippen molar-refractivity contribution >= 4 is 51.3 Å². The van der Waals surface area contributed by atoms with Crippen LogP contribution >= 0.6 is 24.0 Å². The van der Waals surface area contributed by atoms with Gasteiger partial charge in [-0.15, -0.1) is 24.0 Å². The van der Waals surface area contributed by atoms with Crippen molar-refractivity contribution in [1.29, 1.82) is 0 Å². The Morgan fingerprint density at radius 3 is 2.71 bits per heavy atom. The van der Waals surface area contributed by atoms with Crippen molar-refractivity contribution in [3.05, 3.63) is 59.7 Å². The van der Waals surface area contributed by atoms with Crippen molar-refractivity contribution in [3.63, 3.8) is 0 Å². The van der Waals surface area contributed by atoms with Gasteiger partial charge in [-0.2, -0.15) is 0 Å². The van der Waals surface area contributed by atoms with Gasteiger partial charge in [0.15, 0.2) is 5.96 Å². The number of hydrogen-bond donors (Lipinski definition) is 2. The fraction of sp³-hybridized carbons (Fsp3) is 0.350. The molecule has 28 heavy (non-hydrogen) atoms. The fourth-order valence-electron chi connectivity index (χ4n) is 3.15. The topological polar surface area (TPSA) is 87.8 Å². The van der Waals surface area contributed by atoms with Gasteiger partial charge in [0.2, 0.25) is 10.0 Å². The minimum Gasteiger partial charge on any atom is -0.370 e. The number of rotatable bonds is 6. The van der Waals surface area contributed by atoms with Crippen LogP contribution in [0.15, 0.2) is 53.5 Å². The first-order valence-electron chi connectivity index (χ1n) is 9.12. The molecule has 8 heteroatoms. The Morgan fingerprint density at radius 1 is 1.21 bits per heavy atom. The number of anilines is 2. The molecule has 3 rings (SSSR count). The lowest BCUT2D eigenvalue weighted by atomic mass is 10.0. The number of nitrogens with two attached hydrogens (primary N) is 1. The molecule has 0 unspecified atom stereocenters. The van der Waals surface area contributed by atoms with Gasteiger partial charge < -0.3 is 11.1 Å². The van der Waals surface area contributed by atoms with Gasteiger partial charge in [-0.1, -0.05) is 44.2 Å². The highest BCUT2D eigenvalue weighted by Gasteiger charge is 2.28. The summed E-state index contributed by atoms with van der Waals surface area (Å²) in [7, 11) is -3.42. The Balaban J connectivity index is 0.00000280. The number of para-hydroxylation sites is 1. The molecule has 1 aliphatic rings. The van der Waals surface area contributed by atoms with Crippen LogP contribution in [0, 0.1) is 0 Å². The highest BCUT2D eigenvalue weighted by molar-refractivity contribution is 14.0.